The molecule has 6 nitrogen and oxygen atoms in total. The zero-order chi connectivity index (χ0) is 16.2. The Bertz CT molecular complexity index is 514. The first-order valence-corrected chi connectivity index (χ1v) is 6.98. The molecule has 0 radical (unpaired) electrons. The molecule has 0 spiro atoms. The minimum atomic E-state index is 0.319. The fourth-order valence-electron chi connectivity index (χ4n) is 1.33. The summed E-state index contributed by atoms with van der Waals surface area (Å²) in [6.45, 7) is 5.78. The molecule has 1 aliphatic rings. The van der Waals surface area contributed by atoms with Crippen LogP contribution in [0, 0.1) is 13.8 Å². The zero-order valence-corrected chi connectivity index (χ0v) is 13.5. The second-order valence-corrected chi connectivity index (χ2v) is 4.53. The molecule has 0 aromatic carbocycles. The summed E-state index contributed by atoms with van der Waals surface area (Å²) in [4.78, 5) is 21.7. The van der Waals surface area contributed by atoms with Crippen LogP contribution in [0.4, 0.5) is 0 Å². The van der Waals surface area contributed by atoms with Gasteiger partial charge < -0.3 is 4.90 Å². The number of hydrogen-bond acceptors (Lipinski definition) is 6. The third-order valence-electron chi connectivity index (χ3n) is 2.69. The maximum Gasteiger partial charge on any atom is 0.125 e. The van der Waals surface area contributed by atoms with Gasteiger partial charge in [0.05, 0.1) is 0 Å². The largest absolute Gasteiger partial charge is 0.359 e. The minimum absolute atomic E-state index is 0.319. The Hall–Kier alpha value is -2.63. The molecule has 0 bridgehead atoms. The van der Waals surface area contributed by atoms with Crippen LogP contribution < -0.4 is 0 Å². The van der Waals surface area contributed by atoms with Gasteiger partial charge in [-0.3, -0.25) is 4.99 Å². The molecule has 3 rings (SSSR count). The molecule has 1 atom stereocenters. The van der Waals surface area contributed by atoms with Crippen molar-refractivity contribution in [1.29, 1.82) is 0 Å². The van der Waals surface area contributed by atoms with Gasteiger partial charge in [0, 0.05) is 44.2 Å². The van der Waals surface area contributed by atoms with E-state index in [0.29, 0.717) is 6.17 Å². The summed E-state index contributed by atoms with van der Waals surface area (Å²) < 4.78 is 0. The average Bonchev–Trinajstić information content (AvgIpc) is 2.53. The number of aryl methyl sites for hydroxylation is 2. The highest BCUT2D eigenvalue weighted by Crippen LogP contribution is 1.99. The normalized spacial score (nSPS) is 15.3. The van der Waals surface area contributed by atoms with Gasteiger partial charge in [-0.15, -0.1) is 0 Å². The van der Waals surface area contributed by atoms with Gasteiger partial charge in [-0.2, -0.15) is 0 Å². The molecule has 3 heterocycles. The first-order chi connectivity index (χ1) is 10.6. The van der Waals surface area contributed by atoms with Gasteiger partial charge in [0.1, 0.15) is 17.8 Å². The van der Waals surface area contributed by atoms with Crippen LogP contribution in [0.1, 0.15) is 18.6 Å². The molecule has 2 aromatic heterocycles. The van der Waals surface area contributed by atoms with E-state index in [0.717, 1.165) is 11.6 Å². The molecule has 2 aromatic rings. The van der Waals surface area contributed by atoms with Crippen LogP contribution in [-0.4, -0.2) is 44.3 Å². The van der Waals surface area contributed by atoms with Crippen molar-refractivity contribution in [2.75, 3.05) is 7.05 Å². The van der Waals surface area contributed by atoms with E-state index in [1.165, 1.54) is 0 Å². The van der Waals surface area contributed by atoms with Crippen LogP contribution in [0.25, 0.3) is 0 Å². The fourth-order valence-corrected chi connectivity index (χ4v) is 1.33. The van der Waals surface area contributed by atoms with Crippen LogP contribution in [0.15, 0.2) is 54.2 Å². The summed E-state index contributed by atoms with van der Waals surface area (Å²) in [7, 11) is 2.01. The molecule has 116 valence electrons. The van der Waals surface area contributed by atoms with E-state index in [4.69, 9.17) is 0 Å². The van der Waals surface area contributed by atoms with Crippen molar-refractivity contribution < 1.29 is 0 Å². The Morgan fingerprint density at radius 1 is 0.864 bits per heavy atom. The smallest absolute Gasteiger partial charge is 0.125 e. The Morgan fingerprint density at radius 3 is 1.55 bits per heavy atom. The summed E-state index contributed by atoms with van der Waals surface area (Å²) in [6, 6.07) is 3.60. The van der Waals surface area contributed by atoms with Crippen LogP contribution in [0.5, 0.6) is 0 Å². The third-order valence-corrected chi connectivity index (χ3v) is 2.69. The summed E-state index contributed by atoms with van der Waals surface area (Å²) in [6.07, 6.45) is 13.0. The van der Waals surface area contributed by atoms with Gasteiger partial charge in [-0.1, -0.05) is 0 Å². The molecule has 0 saturated heterocycles. The summed E-state index contributed by atoms with van der Waals surface area (Å²) in [5.74, 6) is 1.64. The maximum atomic E-state index is 4.12. The van der Waals surface area contributed by atoms with Crippen molar-refractivity contribution in [3.05, 3.63) is 60.8 Å². The van der Waals surface area contributed by atoms with Crippen molar-refractivity contribution in [2.45, 2.75) is 26.9 Å². The van der Waals surface area contributed by atoms with E-state index < -0.39 is 0 Å². The average molecular weight is 298 g/mol. The predicted octanol–water partition coefficient (Wildman–Crippen LogP) is 2.43. The van der Waals surface area contributed by atoms with E-state index >= 15 is 0 Å². The fraction of sp³-hybridized carbons (Fsp3) is 0.312. The number of nitrogens with zero attached hydrogens (tertiary/aromatic N) is 6. The predicted molar refractivity (Wildman–Crippen MR) is 88.4 cm³/mol. The van der Waals surface area contributed by atoms with E-state index in [1.807, 2.05) is 39.4 Å². The van der Waals surface area contributed by atoms with E-state index in [1.54, 1.807) is 36.9 Å². The number of allylic oxidation sites excluding steroid dienone is 1. The van der Waals surface area contributed by atoms with Gasteiger partial charge in [0.15, 0.2) is 0 Å². The number of rotatable bonds is 0. The van der Waals surface area contributed by atoms with Crippen LogP contribution in [0.2, 0.25) is 0 Å². The highest BCUT2D eigenvalue weighted by atomic mass is 15.2. The van der Waals surface area contributed by atoms with Crippen LogP contribution >= 0.6 is 0 Å². The molecular weight excluding hydrogens is 276 g/mol. The summed E-state index contributed by atoms with van der Waals surface area (Å²) >= 11 is 0. The van der Waals surface area contributed by atoms with Crippen molar-refractivity contribution in [2.24, 2.45) is 4.99 Å². The molecule has 0 N–H and O–H groups in total. The van der Waals surface area contributed by atoms with Gasteiger partial charge >= 0.3 is 0 Å². The number of aromatic nitrogens is 4. The van der Waals surface area contributed by atoms with Crippen LogP contribution in [0.3, 0.4) is 0 Å². The first-order valence-electron chi connectivity index (χ1n) is 6.98. The topological polar surface area (TPSA) is 67.2 Å². The molecule has 0 fully saturated rings. The lowest BCUT2D eigenvalue weighted by Crippen LogP contribution is -2.23. The number of hydrogen-bond donors (Lipinski definition) is 0. The maximum absolute atomic E-state index is 4.12. The van der Waals surface area contributed by atoms with E-state index in [2.05, 4.69) is 36.8 Å². The Balaban J connectivity index is 0.000000166. The lowest BCUT2D eigenvalue weighted by atomic mass is 10.4. The van der Waals surface area contributed by atoms with Gasteiger partial charge in [-0.25, -0.2) is 19.9 Å². The van der Waals surface area contributed by atoms with Gasteiger partial charge in [0.25, 0.3) is 0 Å². The first kappa shape index (κ1) is 17.4. The van der Waals surface area contributed by atoms with Gasteiger partial charge in [-0.05, 0) is 39.0 Å². The lowest BCUT2D eigenvalue weighted by molar-refractivity contribution is 0.360. The van der Waals surface area contributed by atoms with Crippen molar-refractivity contribution >= 4 is 6.21 Å². The highest BCUT2D eigenvalue weighted by Gasteiger charge is 2.01. The van der Waals surface area contributed by atoms with Crippen molar-refractivity contribution in [1.82, 2.24) is 24.8 Å². The monoisotopic (exact) mass is 298 g/mol. The molecule has 1 aliphatic heterocycles. The molecule has 0 aliphatic carbocycles. The van der Waals surface area contributed by atoms with Gasteiger partial charge in [0.2, 0.25) is 0 Å². The second-order valence-electron chi connectivity index (χ2n) is 4.53. The minimum Gasteiger partial charge on any atom is -0.359 e. The van der Waals surface area contributed by atoms with Crippen LogP contribution in [-0.2, 0) is 0 Å². The molecule has 22 heavy (non-hydrogen) atoms. The Labute approximate surface area is 131 Å². The van der Waals surface area contributed by atoms with Crippen molar-refractivity contribution in [3.63, 3.8) is 0 Å². The zero-order valence-electron chi connectivity index (χ0n) is 13.5. The summed E-state index contributed by atoms with van der Waals surface area (Å²) in [5.41, 5.74) is 0. The Kier molecular flexibility index (Phi) is 8.04. The quantitative estimate of drug-likeness (QED) is 0.747. The standard InChI is InChI=1S/C6H10N2.2C5H6N2/c1-6-7-4-3-5-8(6)2;2*1-5-6-3-2-4-7-5/h3-6H,1-2H3;2*2-4H,1H3. The third kappa shape index (κ3) is 7.84. The molecular formula is C16H22N6. The lowest BCUT2D eigenvalue weighted by Gasteiger charge is -2.20. The highest BCUT2D eigenvalue weighted by molar-refractivity contribution is 5.71. The molecule has 0 saturated carbocycles. The SMILES string of the molecule is CC1N=CC=CN1C.Cc1ncccn1.Cc1ncccn1. The molecule has 6 heteroatoms. The van der Waals surface area contributed by atoms with E-state index in [-0.39, 0.29) is 0 Å². The second kappa shape index (κ2) is 10.1. The summed E-state index contributed by atoms with van der Waals surface area (Å²) in [5, 5.41) is 0. The number of aliphatic imine (C=N–C) groups is 1. The Morgan fingerprint density at radius 2 is 1.32 bits per heavy atom. The van der Waals surface area contributed by atoms with E-state index in [9.17, 15) is 0 Å². The van der Waals surface area contributed by atoms with Crippen molar-refractivity contribution in [3.8, 4) is 0 Å². The molecule has 0 amide bonds. The molecule has 1 unspecified atom stereocenters.